The molecule has 0 aliphatic heterocycles. The molecule has 1 fully saturated rings. The van der Waals surface area contributed by atoms with E-state index in [1.165, 1.54) is 18.2 Å². The number of ether oxygens (including phenoxy) is 1. The van der Waals surface area contributed by atoms with Crippen molar-refractivity contribution in [2.24, 2.45) is 0 Å². The molecule has 1 aliphatic carbocycles. The lowest BCUT2D eigenvalue weighted by Crippen LogP contribution is -2.13. The van der Waals surface area contributed by atoms with Gasteiger partial charge < -0.3 is 4.74 Å². The monoisotopic (exact) mass is 352 g/mol. The van der Waals surface area contributed by atoms with Gasteiger partial charge in [-0.3, -0.25) is 4.79 Å². The molecule has 0 N–H and O–H groups in total. The second-order valence-electron chi connectivity index (χ2n) is 6.10. The summed E-state index contributed by atoms with van der Waals surface area (Å²) in [5.41, 5.74) is 2.51. The van der Waals surface area contributed by atoms with Gasteiger partial charge in [0.25, 0.3) is 0 Å². The SMILES string of the molecule is O=Cc1cc(OCCC(F)(F)F)c(-c2ccc(F)cc2)c(C2CC2)c1. The van der Waals surface area contributed by atoms with Crippen molar-refractivity contribution in [2.45, 2.75) is 31.4 Å². The number of carbonyl (C=O) groups is 1. The van der Waals surface area contributed by atoms with Crippen molar-refractivity contribution >= 4 is 6.29 Å². The maximum atomic E-state index is 13.2. The third-order valence-corrected chi connectivity index (χ3v) is 4.08. The second-order valence-corrected chi connectivity index (χ2v) is 6.10. The summed E-state index contributed by atoms with van der Waals surface area (Å²) in [6.07, 6.45) is -2.87. The van der Waals surface area contributed by atoms with Crippen LogP contribution in [-0.2, 0) is 0 Å². The molecular formula is C19H16F4O2. The molecular weight excluding hydrogens is 336 g/mol. The highest BCUT2D eigenvalue weighted by atomic mass is 19.4. The quantitative estimate of drug-likeness (QED) is 0.506. The Morgan fingerprint density at radius 1 is 1.12 bits per heavy atom. The largest absolute Gasteiger partial charge is 0.493 e. The summed E-state index contributed by atoms with van der Waals surface area (Å²) in [5, 5.41) is 0. The number of hydrogen-bond acceptors (Lipinski definition) is 2. The predicted molar refractivity (Wildman–Crippen MR) is 85.4 cm³/mol. The number of aldehydes is 1. The number of carbonyl (C=O) groups excluding carboxylic acids is 1. The first kappa shape index (κ1) is 17.5. The van der Waals surface area contributed by atoms with E-state index in [4.69, 9.17) is 4.74 Å². The van der Waals surface area contributed by atoms with Crippen LogP contribution >= 0.6 is 0 Å². The fourth-order valence-electron chi connectivity index (χ4n) is 2.76. The second kappa shape index (κ2) is 6.86. The van der Waals surface area contributed by atoms with Crippen LogP contribution in [0.2, 0.25) is 0 Å². The molecule has 2 aromatic rings. The van der Waals surface area contributed by atoms with Gasteiger partial charge in [-0.15, -0.1) is 0 Å². The first-order valence-electron chi connectivity index (χ1n) is 7.96. The molecule has 3 rings (SSSR count). The Morgan fingerprint density at radius 2 is 1.80 bits per heavy atom. The van der Waals surface area contributed by atoms with Crippen LogP contribution in [0.1, 0.15) is 41.1 Å². The molecule has 0 bridgehead atoms. The third kappa shape index (κ3) is 4.38. The summed E-state index contributed by atoms with van der Waals surface area (Å²) in [6.45, 7) is -0.538. The summed E-state index contributed by atoms with van der Waals surface area (Å²) in [4.78, 5) is 11.2. The highest BCUT2D eigenvalue weighted by Crippen LogP contribution is 2.48. The molecule has 132 valence electrons. The van der Waals surface area contributed by atoms with Gasteiger partial charge in [-0.2, -0.15) is 13.2 Å². The van der Waals surface area contributed by atoms with Gasteiger partial charge in [0.15, 0.2) is 0 Å². The summed E-state index contributed by atoms with van der Waals surface area (Å²) in [6, 6.07) is 8.88. The lowest BCUT2D eigenvalue weighted by Gasteiger charge is -2.17. The predicted octanol–water partition coefficient (Wildman–Crippen LogP) is 5.51. The summed E-state index contributed by atoms with van der Waals surface area (Å²) in [7, 11) is 0. The van der Waals surface area contributed by atoms with Crippen LogP contribution in [0.25, 0.3) is 11.1 Å². The number of halogens is 4. The van der Waals surface area contributed by atoms with Gasteiger partial charge in [0.05, 0.1) is 13.0 Å². The van der Waals surface area contributed by atoms with E-state index in [1.807, 2.05) is 0 Å². The summed E-state index contributed by atoms with van der Waals surface area (Å²) >= 11 is 0. The number of alkyl halides is 3. The molecule has 0 radical (unpaired) electrons. The Kier molecular flexibility index (Phi) is 4.79. The van der Waals surface area contributed by atoms with Gasteiger partial charge in [0, 0.05) is 11.1 Å². The van der Waals surface area contributed by atoms with Crippen LogP contribution in [0.5, 0.6) is 5.75 Å². The van der Waals surface area contributed by atoms with E-state index in [0.717, 1.165) is 18.4 Å². The van der Waals surface area contributed by atoms with E-state index >= 15 is 0 Å². The van der Waals surface area contributed by atoms with Gasteiger partial charge in [0.1, 0.15) is 17.9 Å². The van der Waals surface area contributed by atoms with Crippen molar-refractivity contribution in [3.8, 4) is 16.9 Å². The normalized spacial score (nSPS) is 14.4. The first-order valence-corrected chi connectivity index (χ1v) is 7.96. The Morgan fingerprint density at radius 3 is 2.36 bits per heavy atom. The molecule has 6 heteroatoms. The van der Waals surface area contributed by atoms with E-state index in [1.54, 1.807) is 18.2 Å². The minimum Gasteiger partial charge on any atom is -0.493 e. The Balaban J connectivity index is 2.02. The van der Waals surface area contributed by atoms with Crippen LogP contribution < -0.4 is 4.74 Å². The van der Waals surface area contributed by atoms with Gasteiger partial charge in [-0.05, 0) is 54.2 Å². The molecule has 2 nitrogen and oxygen atoms in total. The molecule has 1 aliphatic rings. The van der Waals surface area contributed by atoms with E-state index in [-0.39, 0.29) is 11.7 Å². The van der Waals surface area contributed by atoms with Crippen LogP contribution in [0, 0.1) is 5.82 Å². The molecule has 0 saturated heterocycles. The number of rotatable bonds is 6. The molecule has 0 heterocycles. The maximum absolute atomic E-state index is 13.2. The van der Waals surface area contributed by atoms with Gasteiger partial charge in [-0.1, -0.05) is 12.1 Å². The van der Waals surface area contributed by atoms with E-state index in [9.17, 15) is 22.4 Å². The van der Waals surface area contributed by atoms with E-state index in [2.05, 4.69) is 0 Å². The standard InChI is InChI=1S/C19H16F4O2/c20-15-5-3-14(4-6-15)18-16(13-1-2-13)9-12(11-24)10-17(18)25-8-7-19(21,22)23/h3-6,9-11,13H,1-2,7-8H2. The minimum absolute atomic E-state index is 0.224. The molecule has 0 atom stereocenters. The zero-order valence-corrected chi connectivity index (χ0v) is 13.3. The highest BCUT2D eigenvalue weighted by molar-refractivity contribution is 5.83. The molecule has 0 spiro atoms. The van der Waals surface area contributed by atoms with Gasteiger partial charge in [-0.25, -0.2) is 4.39 Å². The first-order chi connectivity index (χ1) is 11.9. The van der Waals surface area contributed by atoms with Crippen molar-refractivity contribution in [3.63, 3.8) is 0 Å². The molecule has 0 amide bonds. The zero-order chi connectivity index (χ0) is 18.0. The average molecular weight is 352 g/mol. The Bertz CT molecular complexity index is 762. The maximum Gasteiger partial charge on any atom is 0.392 e. The number of hydrogen-bond donors (Lipinski definition) is 0. The minimum atomic E-state index is -4.32. The van der Waals surface area contributed by atoms with Crippen molar-refractivity contribution in [2.75, 3.05) is 6.61 Å². The van der Waals surface area contributed by atoms with Crippen LogP contribution in [0.15, 0.2) is 36.4 Å². The average Bonchev–Trinajstić information content (AvgIpc) is 3.39. The third-order valence-electron chi connectivity index (χ3n) is 4.08. The smallest absolute Gasteiger partial charge is 0.392 e. The molecule has 1 saturated carbocycles. The molecule has 0 aromatic heterocycles. The van der Waals surface area contributed by atoms with E-state index in [0.29, 0.717) is 23.0 Å². The van der Waals surface area contributed by atoms with Crippen LogP contribution in [-0.4, -0.2) is 19.1 Å². The fourth-order valence-corrected chi connectivity index (χ4v) is 2.76. The lowest BCUT2D eigenvalue weighted by atomic mass is 9.93. The van der Waals surface area contributed by atoms with Crippen LogP contribution in [0.4, 0.5) is 17.6 Å². The topological polar surface area (TPSA) is 26.3 Å². The van der Waals surface area contributed by atoms with Crippen molar-refractivity contribution in [1.82, 2.24) is 0 Å². The lowest BCUT2D eigenvalue weighted by molar-refractivity contribution is -0.139. The Labute approximate surface area is 142 Å². The molecule has 2 aromatic carbocycles. The fraction of sp³-hybridized carbons (Fsp3) is 0.316. The van der Waals surface area contributed by atoms with Gasteiger partial charge >= 0.3 is 6.18 Å². The van der Waals surface area contributed by atoms with Crippen LogP contribution in [0.3, 0.4) is 0 Å². The van der Waals surface area contributed by atoms with Crippen molar-refractivity contribution in [1.29, 1.82) is 0 Å². The summed E-state index contributed by atoms with van der Waals surface area (Å²) in [5.74, 6) is 0.0630. The molecule has 0 unspecified atom stereocenters. The van der Waals surface area contributed by atoms with Crippen molar-refractivity contribution in [3.05, 3.63) is 53.3 Å². The van der Waals surface area contributed by atoms with E-state index < -0.39 is 25.0 Å². The van der Waals surface area contributed by atoms with Gasteiger partial charge in [0.2, 0.25) is 0 Å². The summed E-state index contributed by atoms with van der Waals surface area (Å²) < 4.78 is 55.8. The number of benzene rings is 2. The Hall–Kier alpha value is -2.37. The highest BCUT2D eigenvalue weighted by Gasteiger charge is 2.30. The molecule has 25 heavy (non-hydrogen) atoms. The zero-order valence-electron chi connectivity index (χ0n) is 13.3. The van der Waals surface area contributed by atoms with Crippen molar-refractivity contribution < 1.29 is 27.1 Å².